The van der Waals surface area contributed by atoms with Crippen molar-refractivity contribution < 1.29 is 19.1 Å². The average Bonchev–Trinajstić information content (AvgIpc) is 2.80. The first-order chi connectivity index (χ1) is 15.2. The molecule has 0 aliphatic rings. The first kappa shape index (κ1) is 21.7. The van der Waals surface area contributed by atoms with Gasteiger partial charge in [0.2, 0.25) is 0 Å². The average molecular weight is 417 g/mol. The zero-order valence-electron chi connectivity index (χ0n) is 17.0. The SMILES string of the molecule is COC(C(=O)N/N=C/c1ccc(OCC(=O)Nc2ccccc2)cc1)c1ccccc1. The molecule has 0 aliphatic heterocycles. The minimum absolute atomic E-state index is 0.101. The third kappa shape index (κ3) is 6.80. The quantitative estimate of drug-likeness (QED) is 0.412. The van der Waals surface area contributed by atoms with Gasteiger partial charge < -0.3 is 14.8 Å². The van der Waals surface area contributed by atoms with Gasteiger partial charge in [0.05, 0.1) is 6.21 Å². The van der Waals surface area contributed by atoms with Crippen LogP contribution in [-0.4, -0.2) is 31.7 Å². The number of hydrogen-bond donors (Lipinski definition) is 2. The van der Waals surface area contributed by atoms with Crippen LogP contribution < -0.4 is 15.5 Å². The van der Waals surface area contributed by atoms with Gasteiger partial charge in [-0.15, -0.1) is 0 Å². The second kappa shape index (κ2) is 11.3. The lowest BCUT2D eigenvalue weighted by atomic mass is 10.1. The molecule has 7 heteroatoms. The van der Waals surface area contributed by atoms with Crippen molar-refractivity contribution in [2.45, 2.75) is 6.10 Å². The molecule has 0 heterocycles. The number of benzene rings is 3. The van der Waals surface area contributed by atoms with Crippen molar-refractivity contribution >= 4 is 23.7 Å². The minimum atomic E-state index is -0.740. The molecule has 0 spiro atoms. The molecule has 0 fully saturated rings. The van der Waals surface area contributed by atoms with Crippen molar-refractivity contribution in [1.29, 1.82) is 0 Å². The van der Waals surface area contributed by atoms with E-state index in [2.05, 4.69) is 15.8 Å². The summed E-state index contributed by atoms with van der Waals surface area (Å²) in [4.78, 5) is 24.2. The van der Waals surface area contributed by atoms with Crippen molar-refractivity contribution in [2.75, 3.05) is 19.0 Å². The summed E-state index contributed by atoms with van der Waals surface area (Å²) in [6.07, 6.45) is 0.776. The van der Waals surface area contributed by atoms with Gasteiger partial charge in [-0.1, -0.05) is 48.5 Å². The molecule has 2 N–H and O–H groups in total. The molecular weight excluding hydrogens is 394 g/mol. The van der Waals surface area contributed by atoms with E-state index in [1.807, 2.05) is 48.5 Å². The Hall–Kier alpha value is -3.97. The maximum Gasteiger partial charge on any atom is 0.273 e. The summed E-state index contributed by atoms with van der Waals surface area (Å²) >= 11 is 0. The van der Waals surface area contributed by atoms with Crippen molar-refractivity contribution in [1.82, 2.24) is 5.43 Å². The number of rotatable bonds is 9. The predicted molar refractivity (Wildman–Crippen MR) is 119 cm³/mol. The van der Waals surface area contributed by atoms with Gasteiger partial charge >= 0.3 is 0 Å². The van der Waals surface area contributed by atoms with E-state index in [0.29, 0.717) is 11.4 Å². The second-order valence-electron chi connectivity index (χ2n) is 6.53. The highest BCUT2D eigenvalue weighted by Gasteiger charge is 2.19. The lowest BCUT2D eigenvalue weighted by Crippen LogP contribution is -2.26. The summed E-state index contributed by atoms with van der Waals surface area (Å²) in [6, 6.07) is 25.3. The van der Waals surface area contributed by atoms with E-state index in [-0.39, 0.29) is 18.4 Å². The number of carbonyl (C=O) groups is 2. The van der Waals surface area contributed by atoms with Crippen LogP contribution >= 0.6 is 0 Å². The molecule has 0 bridgehead atoms. The van der Waals surface area contributed by atoms with Crippen molar-refractivity contribution in [3.8, 4) is 5.75 Å². The second-order valence-corrected chi connectivity index (χ2v) is 6.53. The van der Waals surface area contributed by atoms with Gasteiger partial charge in [-0.05, 0) is 47.5 Å². The van der Waals surface area contributed by atoms with Crippen LogP contribution in [0.5, 0.6) is 5.75 Å². The number of hydrogen-bond acceptors (Lipinski definition) is 5. The Balaban J connectivity index is 1.47. The normalized spacial score (nSPS) is 11.6. The van der Waals surface area contributed by atoms with E-state index in [0.717, 1.165) is 11.1 Å². The summed E-state index contributed by atoms with van der Waals surface area (Å²) in [6.45, 7) is -0.101. The Morgan fingerprint density at radius 1 is 0.935 bits per heavy atom. The number of hydrazone groups is 1. The monoisotopic (exact) mass is 417 g/mol. The van der Waals surface area contributed by atoms with Crippen LogP contribution in [0.15, 0.2) is 90.0 Å². The van der Waals surface area contributed by atoms with Crippen LogP contribution in [0.2, 0.25) is 0 Å². The molecule has 7 nitrogen and oxygen atoms in total. The van der Waals surface area contributed by atoms with Crippen LogP contribution in [0.4, 0.5) is 5.69 Å². The van der Waals surface area contributed by atoms with E-state index in [1.165, 1.54) is 13.3 Å². The number of carbonyl (C=O) groups excluding carboxylic acids is 2. The Bertz CT molecular complexity index is 1010. The number of anilines is 1. The van der Waals surface area contributed by atoms with Gasteiger partial charge in [0.15, 0.2) is 12.7 Å². The molecule has 1 atom stereocenters. The highest BCUT2D eigenvalue weighted by atomic mass is 16.5. The lowest BCUT2D eigenvalue weighted by molar-refractivity contribution is -0.131. The highest BCUT2D eigenvalue weighted by molar-refractivity contribution is 5.91. The zero-order valence-corrected chi connectivity index (χ0v) is 17.0. The highest BCUT2D eigenvalue weighted by Crippen LogP contribution is 2.16. The molecule has 0 aromatic heterocycles. The van der Waals surface area contributed by atoms with Crippen LogP contribution in [0, 0.1) is 0 Å². The van der Waals surface area contributed by atoms with Crippen molar-refractivity contribution in [3.63, 3.8) is 0 Å². The number of amides is 2. The van der Waals surface area contributed by atoms with Crippen LogP contribution in [0.3, 0.4) is 0 Å². The first-order valence-electron chi connectivity index (χ1n) is 9.64. The van der Waals surface area contributed by atoms with Gasteiger partial charge in [-0.25, -0.2) is 5.43 Å². The Morgan fingerprint density at radius 3 is 2.23 bits per heavy atom. The fourth-order valence-corrected chi connectivity index (χ4v) is 2.77. The fraction of sp³-hybridized carbons (Fsp3) is 0.125. The number of para-hydroxylation sites is 1. The van der Waals surface area contributed by atoms with E-state index >= 15 is 0 Å². The van der Waals surface area contributed by atoms with E-state index in [1.54, 1.807) is 36.4 Å². The zero-order chi connectivity index (χ0) is 21.9. The summed E-state index contributed by atoms with van der Waals surface area (Å²) < 4.78 is 10.8. The molecule has 0 saturated carbocycles. The summed E-state index contributed by atoms with van der Waals surface area (Å²) in [5.41, 5.74) is 4.70. The topological polar surface area (TPSA) is 89.0 Å². The number of nitrogens with zero attached hydrogens (tertiary/aromatic N) is 1. The largest absolute Gasteiger partial charge is 0.484 e. The van der Waals surface area contributed by atoms with Gasteiger partial charge in [-0.2, -0.15) is 5.10 Å². The molecule has 1 unspecified atom stereocenters. The standard InChI is InChI=1S/C24H23N3O4/c1-30-23(19-8-4-2-5-9-19)24(29)27-25-16-18-12-14-21(15-13-18)31-17-22(28)26-20-10-6-3-7-11-20/h2-16,23H,17H2,1H3,(H,26,28)(H,27,29)/b25-16+. The van der Waals surface area contributed by atoms with Crippen molar-refractivity contribution in [3.05, 3.63) is 96.1 Å². The Kier molecular flexibility index (Phi) is 7.90. The molecule has 0 radical (unpaired) electrons. The third-order valence-corrected chi connectivity index (χ3v) is 4.27. The molecule has 3 rings (SSSR count). The van der Waals surface area contributed by atoms with Crippen molar-refractivity contribution in [2.24, 2.45) is 5.10 Å². The van der Waals surface area contributed by atoms with Gasteiger partial charge in [0.25, 0.3) is 11.8 Å². The molecular formula is C24H23N3O4. The Morgan fingerprint density at radius 2 is 1.58 bits per heavy atom. The van der Waals surface area contributed by atoms with Crippen LogP contribution in [0.25, 0.3) is 0 Å². The van der Waals surface area contributed by atoms with Crippen LogP contribution in [0.1, 0.15) is 17.2 Å². The smallest absolute Gasteiger partial charge is 0.273 e. The molecule has 3 aromatic carbocycles. The Labute approximate surface area is 180 Å². The summed E-state index contributed by atoms with van der Waals surface area (Å²) in [5.74, 6) is -0.0621. The predicted octanol–water partition coefficient (Wildman–Crippen LogP) is 3.54. The molecule has 3 aromatic rings. The number of ether oxygens (including phenoxy) is 2. The maximum atomic E-state index is 12.3. The number of nitrogens with one attached hydrogen (secondary N) is 2. The molecule has 0 saturated heterocycles. The minimum Gasteiger partial charge on any atom is -0.484 e. The lowest BCUT2D eigenvalue weighted by Gasteiger charge is -2.13. The van der Waals surface area contributed by atoms with Crippen LogP contribution in [-0.2, 0) is 14.3 Å². The summed E-state index contributed by atoms with van der Waals surface area (Å²) in [7, 11) is 1.47. The third-order valence-electron chi connectivity index (χ3n) is 4.27. The van der Waals surface area contributed by atoms with Gasteiger partial charge in [0.1, 0.15) is 5.75 Å². The molecule has 158 valence electrons. The molecule has 31 heavy (non-hydrogen) atoms. The summed E-state index contributed by atoms with van der Waals surface area (Å²) in [5, 5.41) is 6.73. The maximum absolute atomic E-state index is 12.3. The molecule has 0 aliphatic carbocycles. The van der Waals surface area contributed by atoms with E-state index < -0.39 is 6.10 Å². The van der Waals surface area contributed by atoms with E-state index in [9.17, 15) is 9.59 Å². The van der Waals surface area contributed by atoms with E-state index in [4.69, 9.17) is 9.47 Å². The van der Waals surface area contributed by atoms with Gasteiger partial charge in [-0.3, -0.25) is 9.59 Å². The first-order valence-corrected chi connectivity index (χ1v) is 9.64. The fourth-order valence-electron chi connectivity index (χ4n) is 2.77. The number of methoxy groups -OCH3 is 1. The van der Waals surface area contributed by atoms with Gasteiger partial charge in [0, 0.05) is 12.8 Å². The molecule has 2 amide bonds.